The molecule has 3 rings (SSSR count). The molecule has 134 valence electrons. The van der Waals surface area contributed by atoms with Gasteiger partial charge in [0.05, 0.1) is 16.9 Å². The molecule has 0 saturated carbocycles. The molecule has 0 aliphatic rings. The van der Waals surface area contributed by atoms with Crippen LogP contribution in [-0.2, 0) is 21.8 Å². The summed E-state index contributed by atoms with van der Waals surface area (Å²) in [5, 5.41) is 9.14. The van der Waals surface area contributed by atoms with E-state index in [1.54, 1.807) is 20.0 Å². The first-order valence-corrected chi connectivity index (χ1v) is 8.69. The zero-order valence-electron chi connectivity index (χ0n) is 13.9. The molecule has 1 unspecified atom stereocenters. The first-order valence-electron chi connectivity index (χ1n) is 7.78. The molecule has 1 atom stereocenters. The van der Waals surface area contributed by atoms with Crippen molar-refractivity contribution in [1.29, 1.82) is 0 Å². The number of hydrogen-bond donors (Lipinski definition) is 2. The van der Waals surface area contributed by atoms with E-state index in [9.17, 15) is 8.78 Å². The Bertz CT molecular complexity index is 900. The topological polar surface area (TPSA) is 63.6 Å². The van der Waals surface area contributed by atoms with Crippen LogP contribution in [0.3, 0.4) is 0 Å². The van der Waals surface area contributed by atoms with Crippen LogP contribution in [0.2, 0.25) is 0 Å². The van der Waals surface area contributed by atoms with Crippen molar-refractivity contribution in [2.75, 3.05) is 5.48 Å². The Morgan fingerprint density at radius 1 is 1.15 bits per heavy atom. The SMILES string of the molecule is Bc1cc2ccc(CONc3ccccc3)nc2cc1C(F)(F)POO. The Balaban J connectivity index is 1.79. The monoisotopic (exact) mass is 376 g/mol. The highest BCUT2D eigenvalue weighted by molar-refractivity contribution is 7.33. The predicted octanol–water partition coefficient (Wildman–Crippen LogP) is 3.17. The number of pyridine rings is 1. The molecule has 0 aliphatic heterocycles. The lowest BCUT2D eigenvalue weighted by Crippen LogP contribution is -2.20. The van der Waals surface area contributed by atoms with Crippen LogP contribution in [0.5, 0.6) is 0 Å². The molecule has 26 heavy (non-hydrogen) atoms. The lowest BCUT2D eigenvalue weighted by Gasteiger charge is -2.17. The molecule has 2 N–H and O–H groups in total. The van der Waals surface area contributed by atoms with Crippen molar-refractivity contribution in [3.63, 3.8) is 0 Å². The number of para-hydroxylation sites is 1. The summed E-state index contributed by atoms with van der Waals surface area (Å²) in [6.07, 6.45) is 0. The van der Waals surface area contributed by atoms with Crippen molar-refractivity contribution in [2.45, 2.75) is 12.3 Å². The third-order valence-corrected chi connectivity index (χ3v) is 4.41. The van der Waals surface area contributed by atoms with E-state index in [1.807, 2.05) is 36.4 Å². The largest absolute Gasteiger partial charge is 0.313 e. The lowest BCUT2D eigenvalue weighted by molar-refractivity contribution is -0.133. The summed E-state index contributed by atoms with van der Waals surface area (Å²) < 4.78 is 31.9. The lowest BCUT2D eigenvalue weighted by atomic mass is 9.89. The minimum absolute atomic E-state index is 0.173. The molecule has 1 aromatic heterocycles. The van der Waals surface area contributed by atoms with E-state index in [-0.39, 0.29) is 12.2 Å². The van der Waals surface area contributed by atoms with Crippen molar-refractivity contribution in [2.24, 2.45) is 0 Å². The summed E-state index contributed by atoms with van der Waals surface area (Å²) in [4.78, 5) is 9.79. The Morgan fingerprint density at radius 2 is 1.92 bits per heavy atom. The predicted molar refractivity (Wildman–Crippen MR) is 101 cm³/mol. The van der Waals surface area contributed by atoms with Crippen molar-refractivity contribution < 1.29 is 23.6 Å². The van der Waals surface area contributed by atoms with E-state index in [4.69, 9.17) is 10.1 Å². The first kappa shape index (κ1) is 18.7. The number of aromatic nitrogens is 1. The highest BCUT2D eigenvalue weighted by Crippen LogP contribution is 2.44. The van der Waals surface area contributed by atoms with E-state index in [2.05, 4.69) is 15.1 Å². The zero-order chi connectivity index (χ0) is 18.6. The third kappa shape index (κ3) is 4.34. The molecule has 0 spiro atoms. The van der Waals surface area contributed by atoms with Gasteiger partial charge in [-0.3, -0.25) is 15.3 Å². The Hall–Kier alpha value is -2.12. The van der Waals surface area contributed by atoms with Gasteiger partial charge in [-0.15, -0.1) is 0 Å². The summed E-state index contributed by atoms with van der Waals surface area (Å²) in [5.41, 5.74) is 1.53. The summed E-state index contributed by atoms with van der Waals surface area (Å²) in [5.74, 6) is 0. The van der Waals surface area contributed by atoms with Crippen LogP contribution in [0.1, 0.15) is 11.3 Å². The van der Waals surface area contributed by atoms with E-state index < -0.39 is 14.5 Å². The van der Waals surface area contributed by atoms with Gasteiger partial charge in [0.2, 0.25) is 0 Å². The summed E-state index contributed by atoms with van der Waals surface area (Å²) >= 11 is 0. The molecule has 0 saturated heterocycles. The molecule has 3 aromatic rings. The molecule has 0 fully saturated rings. The number of anilines is 1. The molecule has 5 nitrogen and oxygen atoms in total. The summed E-state index contributed by atoms with van der Waals surface area (Å²) in [6.45, 7) is 0.173. The number of rotatable bonds is 7. The van der Waals surface area contributed by atoms with Gasteiger partial charge in [0.25, 0.3) is 0 Å². The fourth-order valence-electron chi connectivity index (χ4n) is 2.56. The molecular weight excluding hydrogens is 360 g/mol. The number of alkyl halides is 2. The van der Waals surface area contributed by atoms with Gasteiger partial charge < -0.3 is 0 Å². The molecule has 0 amide bonds. The molecule has 0 bridgehead atoms. The maximum atomic E-state index is 14.1. The molecule has 2 aromatic carbocycles. The number of fused-ring (bicyclic) bond motifs is 1. The van der Waals surface area contributed by atoms with Crippen LogP contribution >= 0.6 is 8.81 Å². The minimum Gasteiger partial charge on any atom is -0.270 e. The van der Waals surface area contributed by atoms with Crippen LogP contribution < -0.4 is 10.9 Å². The standard InChI is InChI=1S/C17H16BF2N2O3P/c18-15-8-11-6-7-13(10-24-22-12-4-2-1-3-5-12)21-16(11)9-14(15)17(19,20)26-25-23/h1-9,22-23,26H,10,18H2. The van der Waals surface area contributed by atoms with Gasteiger partial charge in [0, 0.05) is 5.56 Å². The van der Waals surface area contributed by atoms with Gasteiger partial charge in [-0.25, -0.2) is 9.93 Å². The second-order valence-electron chi connectivity index (χ2n) is 5.69. The van der Waals surface area contributed by atoms with Gasteiger partial charge in [-0.05, 0) is 29.7 Å². The van der Waals surface area contributed by atoms with Crippen LogP contribution in [0, 0.1) is 0 Å². The van der Waals surface area contributed by atoms with Crippen molar-refractivity contribution in [1.82, 2.24) is 4.98 Å². The molecule has 0 radical (unpaired) electrons. The Morgan fingerprint density at radius 3 is 2.65 bits per heavy atom. The smallest absolute Gasteiger partial charge is 0.270 e. The van der Waals surface area contributed by atoms with Crippen molar-refractivity contribution >= 4 is 38.7 Å². The number of nitrogens with zero attached hydrogens (tertiary/aromatic N) is 1. The van der Waals surface area contributed by atoms with Gasteiger partial charge in [0.15, 0.2) is 0 Å². The quantitative estimate of drug-likeness (QED) is 0.287. The van der Waals surface area contributed by atoms with Gasteiger partial charge in [-0.1, -0.05) is 35.8 Å². The van der Waals surface area contributed by atoms with E-state index >= 15 is 0 Å². The van der Waals surface area contributed by atoms with Gasteiger partial charge in [-0.2, -0.15) is 8.78 Å². The summed E-state index contributed by atoms with van der Waals surface area (Å²) in [7, 11) is 0.216. The second-order valence-corrected chi connectivity index (χ2v) is 6.70. The fraction of sp³-hybridized carbons (Fsp3) is 0.118. The number of hydrogen-bond acceptors (Lipinski definition) is 5. The van der Waals surface area contributed by atoms with E-state index in [0.29, 0.717) is 16.7 Å². The fourth-order valence-corrected chi connectivity index (χ4v) is 3.05. The van der Waals surface area contributed by atoms with Crippen molar-refractivity contribution in [3.8, 4) is 0 Å². The van der Waals surface area contributed by atoms with Crippen LogP contribution in [0.4, 0.5) is 14.5 Å². The molecule has 1 heterocycles. The summed E-state index contributed by atoms with van der Waals surface area (Å²) in [6, 6.07) is 15.9. The van der Waals surface area contributed by atoms with E-state index in [0.717, 1.165) is 11.1 Å². The van der Waals surface area contributed by atoms with Crippen LogP contribution in [0.15, 0.2) is 54.6 Å². The number of nitrogens with one attached hydrogen (secondary N) is 1. The van der Waals surface area contributed by atoms with Gasteiger partial charge >= 0.3 is 5.66 Å². The second kappa shape index (κ2) is 8.06. The number of halogens is 2. The van der Waals surface area contributed by atoms with Gasteiger partial charge in [0.1, 0.15) is 23.3 Å². The minimum atomic E-state index is -3.28. The first-order chi connectivity index (χ1) is 12.5. The third-order valence-electron chi connectivity index (χ3n) is 3.79. The van der Waals surface area contributed by atoms with E-state index in [1.165, 1.54) is 6.07 Å². The Kier molecular flexibility index (Phi) is 5.78. The molecule has 0 aliphatic carbocycles. The highest BCUT2D eigenvalue weighted by Gasteiger charge is 2.34. The molecule has 9 heteroatoms. The molecular formula is C17H16BF2N2O3P. The number of benzene rings is 2. The van der Waals surface area contributed by atoms with Crippen LogP contribution in [0.25, 0.3) is 10.9 Å². The highest BCUT2D eigenvalue weighted by atomic mass is 31.1. The van der Waals surface area contributed by atoms with Crippen LogP contribution in [-0.4, -0.2) is 18.1 Å². The maximum Gasteiger partial charge on any atom is 0.313 e. The zero-order valence-corrected chi connectivity index (χ0v) is 14.9. The normalized spacial score (nSPS) is 12.1. The Labute approximate surface area is 151 Å². The maximum absolute atomic E-state index is 14.1. The average Bonchev–Trinajstić information content (AvgIpc) is 2.62. The van der Waals surface area contributed by atoms with Crippen molar-refractivity contribution in [3.05, 3.63) is 65.9 Å². The average molecular weight is 376 g/mol.